The van der Waals surface area contributed by atoms with Crippen molar-refractivity contribution in [2.75, 3.05) is 31.1 Å². The van der Waals surface area contributed by atoms with Crippen molar-refractivity contribution in [1.29, 1.82) is 0 Å². The fraction of sp³-hybridized carbons (Fsp3) is 0.200. The summed E-state index contributed by atoms with van der Waals surface area (Å²) >= 11 is 5.00. The average Bonchev–Trinajstić information content (AvgIpc) is 3.59. The first-order valence-corrected chi connectivity index (χ1v) is 12.8. The highest BCUT2D eigenvalue weighted by Crippen LogP contribution is 2.41. The van der Waals surface area contributed by atoms with Crippen molar-refractivity contribution in [1.82, 2.24) is 19.5 Å². The third kappa shape index (κ3) is 4.11. The van der Waals surface area contributed by atoms with E-state index in [1.807, 2.05) is 24.3 Å². The Morgan fingerprint density at radius 3 is 2.57 bits per heavy atom. The number of benzene rings is 2. The molecule has 7 nitrogen and oxygen atoms in total. The number of rotatable bonds is 5. The van der Waals surface area contributed by atoms with Crippen LogP contribution >= 0.6 is 27.3 Å². The lowest BCUT2D eigenvalue weighted by Gasteiger charge is -2.40. The number of thiazole rings is 1. The Balaban J connectivity index is 1.35. The molecule has 0 saturated carbocycles. The van der Waals surface area contributed by atoms with Crippen molar-refractivity contribution < 1.29 is 13.9 Å². The molecule has 4 heterocycles. The second-order valence-corrected chi connectivity index (χ2v) is 10.3. The van der Waals surface area contributed by atoms with Crippen LogP contribution in [-0.4, -0.2) is 50.8 Å². The second-order valence-electron chi connectivity index (χ2n) is 8.33. The van der Waals surface area contributed by atoms with Gasteiger partial charge in [0, 0.05) is 30.7 Å². The molecule has 10 heteroatoms. The van der Waals surface area contributed by atoms with Gasteiger partial charge in [-0.3, -0.25) is 4.90 Å². The normalized spacial score (nSPS) is 15.7. The SMILES string of the molecule is Oc1c(C(c2cccc(Br)c2)N2CCN(c3ccccc3F)CC2)sc2nc(-c3ccco3)nn12. The van der Waals surface area contributed by atoms with Crippen molar-refractivity contribution >= 4 is 37.9 Å². The van der Waals surface area contributed by atoms with E-state index in [1.54, 1.807) is 24.5 Å². The van der Waals surface area contributed by atoms with Crippen molar-refractivity contribution in [3.63, 3.8) is 0 Å². The molecule has 0 bridgehead atoms. The van der Waals surface area contributed by atoms with Crippen LogP contribution < -0.4 is 4.90 Å². The Kier molecular flexibility index (Phi) is 5.79. The van der Waals surface area contributed by atoms with Gasteiger partial charge in [-0.05, 0) is 42.0 Å². The smallest absolute Gasteiger partial charge is 0.230 e. The maximum atomic E-state index is 14.4. The molecule has 0 aliphatic carbocycles. The number of halogens is 2. The lowest BCUT2D eigenvalue weighted by molar-refractivity contribution is 0.210. The molecule has 1 saturated heterocycles. The van der Waals surface area contributed by atoms with E-state index in [-0.39, 0.29) is 17.7 Å². The molecule has 3 aromatic heterocycles. The molecule has 1 unspecified atom stereocenters. The summed E-state index contributed by atoms with van der Waals surface area (Å²) in [7, 11) is 0. The molecule has 5 aromatic rings. The highest BCUT2D eigenvalue weighted by Gasteiger charge is 2.32. The molecule has 1 aliphatic rings. The molecule has 1 aliphatic heterocycles. The van der Waals surface area contributed by atoms with Gasteiger partial charge in [0.25, 0.3) is 0 Å². The maximum absolute atomic E-state index is 14.4. The quantitative estimate of drug-likeness (QED) is 0.307. The fourth-order valence-corrected chi connectivity index (χ4v) is 6.11. The molecule has 0 amide bonds. The van der Waals surface area contributed by atoms with Crippen LogP contribution in [0.5, 0.6) is 5.88 Å². The number of aromatic nitrogens is 3. The lowest BCUT2D eigenvalue weighted by atomic mass is 10.0. The number of fused-ring (bicyclic) bond motifs is 1. The van der Waals surface area contributed by atoms with E-state index < -0.39 is 0 Å². The topological polar surface area (TPSA) is 70.0 Å². The number of hydrogen-bond donors (Lipinski definition) is 1. The number of piperazine rings is 1. The molecular weight excluding hydrogens is 533 g/mol. The molecule has 0 spiro atoms. The molecule has 2 aromatic carbocycles. The second kappa shape index (κ2) is 9.10. The van der Waals surface area contributed by atoms with E-state index in [0.717, 1.165) is 14.9 Å². The summed E-state index contributed by atoms with van der Waals surface area (Å²) in [4.78, 5) is 10.3. The third-order valence-electron chi connectivity index (χ3n) is 6.23. The van der Waals surface area contributed by atoms with Crippen LogP contribution in [-0.2, 0) is 0 Å². The van der Waals surface area contributed by atoms with Gasteiger partial charge in [0.2, 0.25) is 16.7 Å². The van der Waals surface area contributed by atoms with Gasteiger partial charge < -0.3 is 14.4 Å². The summed E-state index contributed by atoms with van der Waals surface area (Å²) in [6, 6.07) is 18.3. The molecule has 1 fully saturated rings. The fourth-order valence-electron chi connectivity index (χ4n) is 4.57. The highest BCUT2D eigenvalue weighted by molar-refractivity contribution is 9.10. The minimum absolute atomic E-state index is 0.0665. The first-order chi connectivity index (χ1) is 17.1. The summed E-state index contributed by atoms with van der Waals surface area (Å²) in [5.74, 6) is 0.840. The standard InChI is InChI=1S/C25H21BrFN5O2S/c26-17-6-3-5-16(15-17)21(31-12-10-30(11-13-31)19-8-2-1-7-18(19)27)22-24(33)32-25(35-22)28-23(29-32)20-9-4-14-34-20/h1-9,14-15,21,33H,10-13H2. The number of aromatic hydroxyl groups is 1. The zero-order valence-electron chi connectivity index (χ0n) is 18.5. The van der Waals surface area contributed by atoms with E-state index in [2.05, 4.69) is 47.9 Å². The summed E-state index contributed by atoms with van der Waals surface area (Å²) < 4.78 is 22.2. The van der Waals surface area contributed by atoms with Gasteiger partial charge in [-0.2, -0.15) is 9.50 Å². The van der Waals surface area contributed by atoms with Crippen molar-refractivity contribution in [3.8, 4) is 17.5 Å². The predicted molar refractivity (Wildman–Crippen MR) is 136 cm³/mol. The summed E-state index contributed by atoms with van der Waals surface area (Å²) in [6.45, 7) is 2.76. The van der Waals surface area contributed by atoms with Crippen LogP contribution in [0.25, 0.3) is 16.5 Å². The van der Waals surface area contributed by atoms with E-state index in [1.165, 1.54) is 21.9 Å². The summed E-state index contributed by atoms with van der Waals surface area (Å²) in [5.41, 5.74) is 1.67. The summed E-state index contributed by atoms with van der Waals surface area (Å²) in [5, 5.41) is 15.7. The molecule has 35 heavy (non-hydrogen) atoms. The number of furan rings is 1. The van der Waals surface area contributed by atoms with Crippen LogP contribution in [0.4, 0.5) is 10.1 Å². The van der Waals surface area contributed by atoms with Crippen LogP contribution in [0, 0.1) is 5.82 Å². The van der Waals surface area contributed by atoms with Crippen molar-refractivity contribution in [2.24, 2.45) is 0 Å². The first kappa shape index (κ1) is 22.3. The molecule has 0 radical (unpaired) electrons. The van der Waals surface area contributed by atoms with Gasteiger partial charge in [-0.15, -0.1) is 5.10 Å². The average molecular weight is 554 g/mol. The highest BCUT2D eigenvalue weighted by atomic mass is 79.9. The maximum Gasteiger partial charge on any atom is 0.230 e. The Morgan fingerprint density at radius 2 is 1.86 bits per heavy atom. The molecule has 1 atom stereocenters. The van der Waals surface area contributed by atoms with Gasteiger partial charge in [-0.1, -0.05) is 51.5 Å². The largest absolute Gasteiger partial charge is 0.492 e. The van der Waals surface area contributed by atoms with Crippen molar-refractivity contribution in [2.45, 2.75) is 6.04 Å². The van der Waals surface area contributed by atoms with Gasteiger partial charge in [0.1, 0.15) is 5.82 Å². The molecular formula is C25H21BrFN5O2S. The van der Waals surface area contributed by atoms with Gasteiger partial charge in [0.15, 0.2) is 5.76 Å². The minimum atomic E-state index is -0.208. The van der Waals surface area contributed by atoms with E-state index in [9.17, 15) is 9.50 Å². The van der Waals surface area contributed by atoms with Crippen LogP contribution in [0.2, 0.25) is 0 Å². The number of anilines is 1. The van der Waals surface area contributed by atoms with E-state index in [4.69, 9.17) is 4.42 Å². The lowest BCUT2D eigenvalue weighted by Crippen LogP contribution is -2.48. The molecule has 1 N–H and O–H groups in total. The number of nitrogens with zero attached hydrogens (tertiary/aromatic N) is 5. The monoisotopic (exact) mass is 553 g/mol. The third-order valence-corrected chi connectivity index (χ3v) is 7.79. The van der Waals surface area contributed by atoms with Gasteiger partial charge >= 0.3 is 0 Å². The van der Waals surface area contributed by atoms with Crippen LogP contribution in [0.15, 0.2) is 75.8 Å². The van der Waals surface area contributed by atoms with E-state index >= 15 is 0 Å². The van der Waals surface area contributed by atoms with Crippen LogP contribution in [0.3, 0.4) is 0 Å². The zero-order chi connectivity index (χ0) is 23.9. The number of para-hydroxylation sites is 1. The Bertz CT molecular complexity index is 1480. The summed E-state index contributed by atoms with van der Waals surface area (Å²) in [6.07, 6.45) is 1.57. The Hall–Kier alpha value is -3.21. The predicted octanol–water partition coefficient (Wildman–Crippen LogP) is 5.57. The Morgan fingerprint density at radius 1 is 1.03 bits per heavy atom. The van der Waals surface area contributed by atoms with Gasteiger partial charge in [-0.25, -0.2) is 4.39 Å². The van der Waals surface area contributed by atoms with Gasteiger partial charge in [0.05, 0.1) is 22.9 Å². The minimum Gasteiger partial charge on any atom is -0.492 e. The zero-order valence-corrected chi connectivity index (χ0v) is 20.9. The van der Waals surface area contributed by atoms with E-state index in [0.29, 0.717) is 48.4 Å². The number of hydrogen-bond acceptors (Lipinski definition) is 7. The Labute approximate surface area is 213 Å². The molecule has 6 rings (SSSR count). The first-order valence-electron chi connectivity index (χ1n) is 11.2. The van der Waals surface area contributed by atoms with Crippen molar-refractivity contribution in [3.05, 3.63) is 87.7 Å². The molecule has 178 valence electrons. The van der Waals surface area contributed by atoms with Crippen LogP contribution in [0.1, 0.15) is 16.5 Å².